The van der Waals surface area contributed by atoms with Crippen LogP contribution < -0.4 is 5.32 Å². The Morgan fingerprint density at radius 3 is 2.52 bits per heavy atom. The van der Waals surface area contributed by atoms with E-state index in [0.29, 0.717) is 13.0 Å². The Morgan fingerprint density at radius 2 is 1.91 bits per heavy atom. The minimum Gasteiger partial charge on any atom is -0.393 e. The summed E-state index contributed by atoms with van der Waals surface area (Å²) in [6.07, 6.45) is 0.377. The van der Waals surface area contributed by atoms with Crippen molar-refractivity contribution in [3.63, 3.8) is 0 Å². The monoisotopic (exact) mass is 336 g/mol. The van der Waals surface area contributed by atoms with Crippen molar-refractivity contribution >= 4 is 17.7 Å². The summed E-state index contributed by atoms with van der Waals surface area (Å²) in [7, 11) is 0. The number of carbonyl (C=O) groups is 1. The van der Waals surface area contributed by atoms with Crippen LogP contribution in [0.3, 0.4) is 0 Å². The molecule has 3 unspecified atom stereocenters. The van der Waals surface area contributed by atoms with Crippen molar-refractivity contribution in [3.05, 3.63) is 35.9 Å². The zero-order valence-corrected chi connectivity index (χ0v) is 14.9. The van der Waals surface area contributed by atoms with E-state index in [1.807, 2.05) is 42.1 Å². The maximum atomic E-state index is 12.8. The van der Waals surface area contributed by atoms with Crippen molar-refractivity contribution in [2.24, 2.45) is 5.92 Å². The third-order valence-electron chi connectivity index (χ3n) is 4.14. The van der Waals surface area contributed by atoms with E-state index < -0.39 is 0 Å². The first-order valence-corrected chi connectivity index (χ1v) is 9.56. The van der Waals surface area contributed by atoms with Crippen LogP contribution in [0.4, 0.5) is 0 Å². The summed E-state index contributed by atoms with van der Waals surface area (Å²) in [6.45, 7) is 6.34. The molecule has 1 aromatic rings. The number of carbonyl (C=O) groups excluding carboxylic acids is 1. The molecule has 1 aromatic carbocycles. The maximum Gasteiger partial charge on any atom is 0.241 e. The van der Waals surface area contributed by atoms with Crippen LogP contribution >= 0.6 is 11.8 Å². The van der Waals surface area contributed by atoms with Crippen LogP contribution in [0, 0.1) is 5.92 Å². The predicted molar refractivity (Wildman–Crippen MR) is 96.6 cm³/mol. The summed E-state index contributed by atoms with van der Waals surface area (Å²) in [6, 6.07) is 9.82. The summed E-state index contributed by atoms with van der Waals surface area (Å²) in [5.41, 5.74) is 1.06. The summed E-state index contributed by atoms with van der Waals surface area (Å²) in [5, 5.41) is 12.5. The Labute approximate surface area is 143 Å². The van der Waals surface area contributed by atoms with Gasteiger partial charge in [0, 0.05) is 31.1 Å². The van der Waals surface area contributed by atoms with Gasteiger partial charge in [0.05, 0.1) is 6.10 Å². The smallest absolute Gasteiger partial charge is 0.241 e. The second-order valence-corrected chi connectivity index (χ2v) is 7.62. The van der Waals surface area contributed by atoms with Crippen LogP contribution in [-0.2, 0) is 4.79 Å². The first kappa shape index (κ1) is 18.3. The van der Waals surface area contributed by atoms with E-state index in [1.165, 1.54) is 0 Å². The summed E-state index contributed by atoms with van der Waals surface area (Å²) in [5.74, 6) is 2.50. The van der Waals surface area contributed by atoms with Gasteiger partial charge in [0.1, 0.15) is 6.04 Å². The van der Waals surface area contributed by atoms with Gasteiger partial charge in [0.15, 0.2) is 0 Å². The number of aliphatic hydroxyl groups is 1. The Bertz CT molecular complexity index is 475. The molecule has 0 spiro atoms. The van der Waals surface area contributed by atoms with E-state index in [9.17, 15) is 9.90 Å². The van der Waals surface area contributed by atoms with Gasteiger partial charge >= 0.3 is 0 Å². The van der Waals surface area contributed by atoms with Crippen molar-refractivity contribution < 1.29 is 9.90 Å². The molecular weight excluding hydrogens is 308 g/mol. The number of rotatable bonds is 7. The third kappa shape index (κ3) is 5.83. The zero-order chi connectivity index (χ0) is 16.7. The average molecular weight is 337 g/mol. The summed E-state index contributed by atoms with van der Waals surface area (Å²) in [4.78, 5) is 15.1. The Kier molecular flexibility index (Phi) is 7.40. The molecule has 5 heteroatoms. The lowest BCUT2D eigenvalue weighted by Gasteiger charge is -2.34. The number of aliphatic hydroxyl groups excluding tert-OH is 1. The predicted octanol–water partition coefficient (Wildman–Crippen LogP) is 2.30. The normalized spacial score (nSPS) is 19.8. The molecule has 0 radical (unpaired) electrons. The van der Waals surface area contributed by atoms with Crippen LogP contribution in [0.5, 0.6) is 0 Å². The average Bonchev–Trinajstić information content (AvgIpc) is 2.55. The summed E-state index contributed by atoms with van der Waals surface area (Å²) < 4.78 is 0. The van der Waals surface area contributed by atoms with Crippen molar-refractivity contribution in [1.82, 2.24) is 10.2 Å². The fourth-order valence-corrected chi connectivity index (χ4v) is 3.97. The minimum absolute atomic E-state index is 0.0699. The number of thioether (sulfide) groups is 1. The maximum absolute atomic E-state index is 12.8. The highest BCUT2D eigenvalue weighted by atomic mass is 32.2. The molecule has 0 saturated carbocycles. The molecule has 2 rings (SSSR count). The van der Waals surface area contributed by atoms with Crippen LogP contribution in [0.25, 0.3) is 0 Å². The van der Waals surface area contributed by atoms with Gasteiger partial charge in [-0.1, -0.05) is 37.3 Å². The van der Waals surface area contributed by atoms with Gasteiger partial charge in [-0.3, -0.25) is 9.69 Å². The first-order chi connectivity index (χ1) is 11.1. The second-order valence-electron chi connectivity index (χ2n) is 6.40. The second kappa shape index (κ2) is 9.30. The van der Waals surface area contributed by atoms with E-state index in [0.717, 1.165) is 30.2 Å². The van der Waals surface area contributed by atoms with Gasteiger partial charge < -0.3 is 10.4 Å². The van der Waals surface area contributed by atoms with Gasteiger partial charge in [-0.15, -0.1) is 0 Å². The van der Waals surface area contributed by atoms with E-state index in [4.69, 9.17) is 0 Å². The van der Waals surface area contributed by atoms with Crippen LogP contribution in [0.1, 0.15) is 31.9 Å². The van der Waals surface area contributed by atoms with Crippen LogP contribution in [0.2, 0.25) is 0 Å². The molecule has 4 nitrogen and oxygen atoms in total. The molecule has 0 aliphatic carbocycles. The quantitative estimate of drug-likeness (QED) is 0.802. The number of nitrogens with one attached hydrogen (secondary N) is 1. The van der Waals surface area contributed by atoms with E-state index in [1.54, 1.807) is 6.92 Å². The number of benzene rings is 1. The van der Waals surface area contributed by atoms with Crippen LogP contribution in [-0.4, -0.2) is 53.2 Å². The molecule has 1 heterocycles. The molecule has 0 aromatic heterocycles. The molecule has 23 heavy (non-hydrogen) atoms. The van der Waals surface area contributed by atoms with Gasteiger partial charge in [-0.05, 0) is 24.8 Å². The van der Waals surface area contributed by atoms with E-state index >= 15 is 0 Å². The highest BCUT2D eigenvalue weighted by Gasteiger charge is 2.28. The standard InChI is InChI=1S/C18H28N2O2S/c1-14(12-15(2)21)13-19-18(22)17(16-6-4-3-5-7-16)20-8-10-23-11-9-20/h3-7,14-15,17,21H,8-13H2,1-2H3,(H,19,22). The SMILES string of the molecule is CC(O)CC(C)CNC(=O)C(c1ccccc1)N1CCSCC1. The summed E-state index contributed by atoms with van der Waals surface area (Å²) >= 11 is 1.95. The third-order valence-corrected chi connectivity index (χ3v) is 5.09. The lowest BCUT2D eigenvalue weighted by Crippen LogP contribution is -2.45. The molecule has 3 atom stereocenters. The fourth-order valence-electron chi connectivity index (χ4n) is 3.04. The van der Waals surface area contributed by atoms with Crippen molar-refractivity contribution in [3.8, 4) is 0 Å². The highest BCUT2D eigenvalue weighted by Crippen LogP contribution is 2.24. The molecular formula is C18H28N2O2S. The molecule has 0 bridgehead atoms. The van der Waals surface area contributed by atoms with Gasteiger partial charge in [-0.2, -0.15) is 11.8 Å². The fraction of sp³-hybridized carbons (Fsp3) is 0.611. The lowest BCUT2D eigenvalue weighted by molar-refractivity contribution is -0.126. The Hall–Kier alpha value is -1.04. The molecule has 1 saturated heterocycles. The Morgan fingerprint density at radius 1 is 1.26 bits per heavy atom. The van der Waals surface area contributed by atoms with E-state index in [-0.39, 0.29) is 24.0 Å². The number of amides is 1. The Balaban J connectivity index is 2.02. The number of nitrogens with zero attached hydrogens (tertiary/aromatic N) is 1. The molecule has 1 amide bonds. The molecule has 1 fully saturated rings. The topological polar surface area (TPSA) is 52.6 Å². The van der Waals surface area contributed by atoms with Gasteiger partial charge in [0.25, 0.3) is 0 Å². The van der Waals surface area contributed by atoms with Gasteiger partial charge in [-0.25, -0.2) is 0 Å². The molecule has 1 aliphatic heterocycles. The largest absolute Gasteiger partial charge is 0.393 e. The van der Waals surface area contributed by atoms with E-state index in [2.05, 4.69) is 17.1 Å². The zero-order valence-electron chi connectivity index (χ0n) is 14.1. The van der Waals surface area contributed by atoms with Crippen molar-refractivity contribution in [1.29, 1.82) is 0 Å². The van der Waals surface area contributed by atoms with Crippen molar-refractivity contribution in [2.45, 2.75) is 32.4 Å². The van der Waals surface area contributed by atoms with Crippen LogP contribution in [0.15, 0.2) is 30.3 Å². The minimum atomic E-state index is -0.328. The van der Waals surface area contributed by atoms with Crippen molar-refractivity contribution in [2.75, 3.05) is 31.1 Å². The first-order valence-electron chi connectivity index (χ1n) is 8.40. The number of hydrogen-bond acceptors (Lipinski definition) is 4. The van der Waals surface area contributed by atoms with Gasteiger partial charge in [0.2, 0.25) is 5.91 Å². The number of hydrogen-bond donors (Lipinski definition) is 2. The molecule has 1 aliphatic rings. The molecule has 2 N–H and O–H groups in total. The molecule has 128 valence electrons. The lowest BCUT2D eigenvalue weighted by atomic mass is 10.0. The highest BCUT2D eigenvalue weighted by molar-refractivity contribution is 7.99.